The first-order chi connectivity index (χ1) is 10.1. The van der Waals surface area contributed by atoms with Gasteiger partial charge in [0.1, 0.15) is 0 Å². The number of hydrogen-bond donors (Lipinski definition) is 5. The number of nitrogens with zero attached hydrogens (tertiary/aromatic N) is 3. The van der Waals surface area contributed by atoms with Crippen LogP contribution in [0.15, 0.2) is 4.79 Å². The molecule has 9 nitrogen and oxygen atoms in total. The molecule has 0 bridgehead atoms. The third-order valence-electron chi connectivity index (χ3n) is 3.12. The van der Waals surface area contributed by atoms with Crippen LogP contribution in [0.3, 0.4) is 0 Å². The number of aromatic nitrogens is 4. The van der Waals surface area contributed by atoms with Crippen LogP contribution in [0.4, 0.5) is 0 Å². The molecule has 1 unspecified atom stereocenters. The SMILES string of the molecule is O=c1[nH]c([AsH2])nc2c(CN(CO)CC(CO)CO)n[nH]c12. The zero-order valence-corrected chi connectivity index (χ0v) is 13.7. The first kappa shape index (κ1) is 16.1. The zero-order valence-electron chi connectivity index (χ0n) is 11.3. The molecule has 0 aliphatic heterocycles. The second kappa shape index (κ2) is 7.15. The Morgan fingerprint density at radius 3 is 2.62 bits per heavy atom. The van der Waals surface area contributed by atoms with Crippen LogP contribution >= 0.6 is 0 Å². The van der Waals surface area contributed by atoms with Gasteiger partial charge in [0.05, 0.1) is 0 Å². The summed E-state index contributed by atoms with van der Waals surface area (Å²) in [4.78, 5) is 20.2. The summed E-state index contributed by atoms with van der Waals surface area (Å²) in [6, 6.07) is 0. The van der Waals surface area contributed by atoms with Crippen molar-refractivity contribution in [1.82, 2.24) is 25.1 Å². The molecule has 0 spiro atoms. The van der Waals surface area contributed by atoms with Gasteiger partial charge in [0.15, 0.2) is 0 Å². The van der Waals surface area contributed by atoms with Crippen molar-refractivity contribution >= 4 is 32.5 Å². The van der Waals surface area contributed by atoms with Crippen molar-refractivity contribution in [1.29, 1.82) is 0 Å². The van der Waals surface area contributed by atoms with Crippen LogP contribution < -0.4 is 10.2 Å². The van der Waals surface area contributed by atoms with Crippen molar-refractivity contribution in [2.24, 2.45) is 5.92 Å². The average molecular weight is 359 g/mol. The van der Waals surface area contributed by atoms with Gasteiger partial charge in [-0.1, -0.05) is 0 Å². The molecule has 0 aliphatic rings. The summed E-state index contributed by atoms with van der Waals surface area (Å²) in [5.41, 5.74) is 1.03. The van der Waals surface area contributed by atoms with E-state index in [0.717, 1.165) is 0 Å². The van der Waals surface area contributed by atoms with Crippen molar-refractivity contribution < 1.29 is 15.3 Å². The summed E-state index contributed by atoms with van der Waals surface area (Å²) in [5.74, 6) is -0.344. The van der Waals surface area contributed by atoms with Gasteiger partial charge in [-0.05, 0) is 0 Å². The van der Waals surface area contributed by atoms with Gasteiger partial charge in [-0.2, -0.15) is 0 Å². The van der Waals surface area contributed by atoms with Gasteiger partial charge in [-0.25, -0.2) is 0 Å². The van der Waals surface area contributed by atoms with E-state index in [2.05, 4.69) is 20.2 Å². The van der Waals surface area contributed by atoms with Crippen LogP contribution in [0.1, 0.15) is 5.69 Å². The number of aliphatic hydroxyl groups excluding tert-OH is 3. The minimum atomic E-state index is -0.344. The van der Waals surface area contributed by atoms with Crippen molar-refractivity contribution in [3.63, 3.8) is 0 Å². The number of nitrogens with one attached hydrogen (secondary N) is 2. The van der Waals surface area contributed by atoms with E-state index in [0.29, 0.717) is 27.9 Å². The third kappa shape index (κ3) is 3.69. The maximum absolute atomic E-state index is 11.8. The summed E-state index contributed by atoms with van der Waals surface area (Å²) >= 11 is 1.20. The van der Waals surface area contributed by atoms with Crippen molar-refractivity contribution in [3.8, 4) is 0 Å². The molecule has 0 aromatic carbocycles. The molecule has 0 saturated carbocycles. The summed E-state index contributed by atoms with van der Waals surface area (Å²) in [7, 11) is 0. The minimum absolute atomic E-state index is 0.173. The van der Waals surface area contributed by atoms with Crippen LogP contribution in [0.25, 0.3) is 11.0 Å². The predicted octanol–water partition coefficient (Wildman–Crippen LogP) is -3.74. The molecule has 1 atom stereocenters. The molecular formula is C11H18AsN5O4. The molecule has 2 heterocycles. The van der Waals surface area contributed by atoms with Crippen LogP contribution in [-0.2, 0) is 6.54 Å². The Balaban J connectivity index is 2.24. The first-order valence-electron chi connectivity index (χ1n) is 6.36. The standard InChI is InChI=1S/C11H18AsN5O4/c12-11-13-8-7(15-16-9(8)10(21)14-11)2-17(5-20)1-6(3-18)4-19/h6,18-20H,1-5,12H2,(H,15,16)(H,13,14,21). The molecular weight excluding hydrogens is 341 g/mol. The van der Waals surface area contributed by atoms with Gasteiger partial charge < -0.3 is 0 Å². The summed E-state index contributed by atoms with van der Waals surface area (Å²) in [6.45, 7) is -0.0292. The van der Waals surface area contributed by atoms with Crippen LogP contribution in [0.2, 0.25) is 0 Å². The number of H-pyrrole nitrogens is 2. The van der Waals surface area contributed by atoms with Crippen LogP contribution in [-0.4, -0.2) is 83.7 Å². The van der Waals surface area contributed by atoms with Crippen LogP contribution in [0.5, 0.6) is 0 Å². The fourth-order valence-corrected chi connectivity index (χ4v) is 2.56. The Hall–Kier alpha value is -1.25. The molecule has 2 aromatic heterocycles. The Kier molecular flexibility index (Phi) is 5.49. The molecule has 0 fully saturated rings. The van der Waals surface area contributed by atoms with E-state index in [1.54, 1.807) is 4.90 Å². The van der Waals surface area contributed by atoms with Gasteiger partial charge in [-0.15, -0.1) is 0 Å². The molecule has 0 aliphatic carbocycles. The van der Waals surface area contributed by atoms with Gasteiger partial charge in [0.25, 0.3) is 0 Å². The fraction of sp³-hybridized carbons (Fsp3) is 0.545. The Labute approximate surface area is 128 Å². The van der Waals surface area contributed by atoms with Gasteiger partial charge >= 0.3 is 128 Å². The van der Waals surface area contributed by atoms with E-state index < -0.39 is 0 Å². The second-order valence-electron chi connectivity index (χ2n) is 4.73. The first-order valence-corrected chi connectivity index (χ1v) is 7.57. The monoisotopic (exact) mass is 359 g/mol. The van der Waals surface area contributed by atoms with E-state index >= 15 is 0 Å². The molecule has 0 amide bonds. The number of aromatic amines is 2. The summed E-state index contributed by atoms with van der Waals surface area (Å²) in [6.07, 6.45) is 0. The predicted molar refractivity (Wildman–Crippen MR) is 77.8 cm³/mol. The van der Waals surface area contributed by atoms with Gasteiger partial charge in [-0.3, -0.25) is 0 Å². The van der Waals surface area contributed by atoms with E-state index in [9.17, 15) is 9.90 Å². The Morgan fingerprint density at radius 1 is 1.29 bits per heavy atom. The topological polar surface area (TPSA) is 138 Å². The number of hydrogen-bond acceptors (Lipinski definition) is 7. The summed E-state index contributed by atoms with van der Waals surface area (Å²) in [5, 5.41) is 34.3. The second-order valence-corrected chi connectivity index (χ2v) is 5.88. The molecule has 2 rings (SSSR count). The quantitative estimate of drug-likeness (QED) is 0.253. The number of aliphatic hydroxyl groups is 3. The molecule has 2 aromatic rings. The molecule has 21 heavy (non-hydrogen) atoms. The summed E-state index contributed by atoms with van der Waals surface area (Å²) < 4.78 is 0.543. The zero-order chi connectivity index (χ0) is 15.4. The van der Waals surface area contributed by atoms with E-state index in [1.165, 1.54) is 16.9 Å². The third-order valence-corrected chi connectivity index (χ3v) is 3.69. The van der Waals surface area contributed by atoms with Gasteiger partial charge in [0, 0.05) is 0 Å². The van der Waals surface area contributed by atoms with Gasteiger partial charge in [0.2, 0.25) is 0 Å². The Morgan fingerprint density at radius 2 is 2.00 bits per heavy atom. The van der Waals surface area contributed by atoms with Crippen LogP contribution in [0, 0.1) is 5.92 Å². The maximum atomic E-state index is 11.8. The molecule has 0 radical (unpaired) electrons. The Bertz CT molecular complexity index is 654. The molecule has 5 N–H and O–H groups in total. The normalized spacial score (nSPS) is 11.9. The number of fused-ring (bicyclic) bond motifs is 1. The van der Waals surface area contributed by atoms with E-state index in [4.69, 9.17) is 10.2 Å². The molecule has 10 heteroatoms. The van der Waals surface area contributed by atoms with Crippen molar-refractivity contribution in [3.05, 3.63) is 16.0 Å². The molecule has 116 valence electrons. The number of rotatable bonds is 7. The fourth-order valence-electron chi connectivity index (χ4n) is 2.01. The molecule has 0 saturated heterocycles. The average Bonchev–Trinajstić information content (AvgIpc) is 2.86. The van der Waals surface area contributed by atoms with Crippen molar-refractivity contribution in [2.45, 2.75) is 6.54 Å². The van der Waals surface area contributed by atoms with E-state index in [-0.39, 0.29) is 38.0 Å². The van der Waals surface area contributed by atoms with Crippen molar-refractivity contribution in [2.75, 3.05) is 26.5 Å². The van der Waals surface area contributed by atoms with E-state index in [1.807, 2.05) is 0 Å².